The SMILES string of the molecule is CC(CN)C(=O)NCC1(c2ccc(Cl)cc2)CC1.Cl. The van der Waals surface area contributed by atoms with Gasteiger partial charge in [0, 0.05) is 29.4 Å². The Morgan fingerprint density at radius 3 is 2.47 bits per heavy atom. The molecule has 0 aromatic heterocycles. The van der Waals surface area contributed by atoms with Crippen molar-refractivity contribution < 1.29 is 4.79 Å². The van der Waals surface area contributed by atoms with Crippen LogP contribution < -0.4 is 11.1 Å². The average Bonchev–Trinajstić information content (AvgIpc) is 3.17. The Kier molecular flexibility index (Phi) is 5.65. The molecule has 106 valence electrons. The molecule has 1 unspecified atom stereocenters. The maximum absolute atomic E-state index is 11.7. The van der Waals surface area contributed by atoms with Gasteiger partial charge in [0.2, 0.25) is 5.91 Å². The molecule has 0 aliphatic heterocycles. The first-order chi connectivity index (χ1) is 8.57. The molecule has 1 amide bonds. The van der Waals surface area contributed by atoms with E-state index in [4.69, 9.17) is 17.3 Å². The lowest BCUT2D eigenvalue weighted by Crippen LogP contribution is -2.38. The molecule has 3 nitrogen and oxygen atoms in total. The van der Waals surface area contributed by atoms with Crippen LogP contribution >= 0.6 is 24.0 Å². The molecule has 0 saturated heterocycles. The van der Waals surface area contributed by atoms with Crippen molar-refractivity contribution in [3.63, 3.8) is 0 Å². The number of hydrogen-bond acceptors (Lipinski definition) is 2. The molecule has 2 rings (SSSR count). The third-order valence-corrected chi connectivity index (χ3v) is 3.96. The zero-order valence-corrected chi connectivity index (χ0v) is 12.6. The summed E-state index contributed by atoms with van der Waals surface area (Å²) < 4.78 is 0. The molecule has 0 bridgehead atoms. The van der Waals surface area contributed by atoms with Crippen molar-refractivity contribution >= 4 is 29.9 Å². The maximum atomic E-state index is 11.7. The van der Waals surface area contributed by atoms with Crippen molar-refractivity contribution in [2.45, 2.75) is 25.2 Å². The smallest absolute Gasteiger partial charge is 0.224 e. The van der Waals surface area contributed by atoms with Crippen LogP contribution in [0.25, 0.3) is 0 Å². The van der Waals surface area contributed by atoms with E-state index in [9.17, 15) is 4.79 Å². The highest BCUT2D eigenvalue weighted by Crippen LogP contribution is 2.47. The summed E-state index contributed by atoms with van der Waals surface area (Å²) in [5, 5.41) is 3.74. The van der Waals surface area contributed by atoms with Crippen molar-refractivity contribution in [2.75, 3.05) is 13.1 Å². The van der Waals surface area contributed by atoms with Crippen LogP contribution in [0.3, 0.4) is 0 Å². The molecule has 1 atom stereocenters. The summed E-state index contributed by atoms with van der Waals surface area (Å²) in [4.78, 5) is 11.7. The first kappa shape index (κ1) is 16.3. The number of hydrogen-bond donors (Lipinski definition) is 2. The normalized spacial score (nSPS) is 17.2. The van der Waals surface area contributed by atoms with Crippen LogP contribution in [0.2, 0.25) is 5.02 Å². The summed E-state index contributed by atoms with van der Waals surface area (Å²) in [7, 11) is 0. The molecule has 0 radical (unpaired) electrons. The lowest BCUT2D eigenvalue weighted by molar-refractivity contribution is -0.124. The molecule has 1 aromatic carbocycles. The van der Waals surface area contributed by atoms with Gasteiger partial charge in [0.25, 0.3) is 0 Å². The number of nitrogens with one attached hydrogen (secondary N) is 1. The van der Waals surface area contributed by atoms with Gasteiger partial charge >= 0.3 is 0 Å². The highest BCUT2D eigenvalue weighted by atomic mass is 35.5. The number of amides is 1. The molecule has 1 saturated carbocycles. The number of benzene rings is 1. The summed E-state index contributed by atoms with van der Waals surface area (Å²) >= 11 is 5.89. The molecular weight excluding hydrogens is 283 g/mol. The lowest BCUT2D eigenvalue weighted by atomic mass is 9.96. The van der Waals surface area contributed by atoms with E-state index in [1.54, 1.807) is 0 Å². The Labute approximate surface area is 125 Å². The highest BCUT2D eigenvalue weighted by molar-refractivity contribution is 6.30. The third kappa shape index (κ3) is 3.85. The van der Waals surface area contributed by atoms with E-state index in [0.29, 0.717) is 13.1 Å². The van der Waals surface area contributed by atoms with E-state index < -0.39 is 0 Å². The summed E-state index contributed by atoms with van der Waals surface area (Å²) in [6.45, 7) is 2.93. The third-order valence-electron chi connectivity index (χ3n) is 3.71. The second-order valence-corrected chi connectivity index (χ2v) is 5.58. The van der Waals surface area contributed by atoms with Gasteiger partial charge in [-0.15, -0.1) is 12.4 Å². The van der Waals surface area contributed by atoms with E-state index >= 15 is 0 Å². The van der Waals surface area contributed by atoms with Gasteiger partial charge in [-0.3, -0.25) is 4.79 Å². The van der Waals surface area contributed by atoms with E-state index in [0.717, 1.165) is 17.9 Å². The van der Waals surface area contributed by atoms with Crippen LogP contribution in [0.5, 0.6) is 0 Å². The standard InChI is InChI=1S/C14H19ClN2O.ClH/c1-10(8-16)13(18)17-9-14(6-7-14)11-2-4-12(15)5-3-11;/h2-5,10H,6-9,16H2,1H3,(H,17,18);1H. The van der Waals surface area contributed by atoms with Crippen LogP contribution in [0.1, 0.15) is 25.3 Å². The van der Waals surface area contributed by atoms with Crippen LogP contribution in [0.15, 0.2) is 24.3 Å². The average molecular weight is 303 g/mol. The largest absolute Gasteiger partial charge is 0.355 e. The molecule has 1 aliphatic carbocycles. The molecule has 1 aliphatic rings. The minimum atomic E-state index is -0.119. The molecular formula is C14H20Cl2N2O. The summed E-state index contributed by atoms with van der Waals surface area (Å²) in [5.74, 6) is -0.0799. The Bertz CT molecular complexity index is 430. The first-order valence-electron chi connectivity index (χ1n) is 6.31. The molecule has 0 heterocycles. The zero-order valence-electron chi connectivity index (χ0n) is 11.0. The number of halogens is 2. The molecule has 0 spiro atoms. The second kappa shape index (κ2) is 6.60. The van der Waals surface area contributed by atoms with Gasteiger partial charge in [-0.1, -0.05) is 30.7 Å². The number of carbonyl (C=O) groups excluding carboxylic acids is 1. The van der Waals surface area contributed by atoms with Crippen molar-refractivity contribution in [2.24, 2.45) is 11.7 Å². The Morgan fingerprint density at radius 2 is 2.00 bits per heavy atom. The van der Waals surface area contributed by atoms with E-state index in [1.807, 2.05) is 31.2 Å². The van der Waals surface area contributed by atoms with Crippen LogP contribution in [0, 0.1) is 5.92 Å². The first-order valence-corrected chi connectivity index (χ1v) is 6.69. The number of rotatable bonds is 5. The summed E-state index contributed by atoms with van der Waals surface area (Å²) in [6, 6.07) is 7.91. The van der Waals surface area contributed by atoms with Crippen LogP contribution in [0.4, 0.5) is 0 Å². The zero-order chi connectivity index (χ0) is 13.2. The van der Waals surface area contributed by atoms with Crippen LogP contribution in [-0.4, -0.2) is 19.0 Å². The van der Waals surface area contributed by atoms with Crippen molar-refractivity contribution in [1.29, 1.82) is 0 Å². The quantitative estimate of drug-likeness (QED) is 0.878. The van der Waals surface area contributed by atoms with E-state index in [1.165, 1.54) is 5.56 Å². The molecule has 3 N–H and O–H groups in total. The topological polar surface area (TPSA) is 55.1 Å². The van der Waals surface area contributed by atoms with E-state index in [2.05, 4.69) is 5.32 Å². The fourth-order valence-corrected chi connectivity index (χ4v) is 2.19. The predicted octanol–water partition coefficient (Wildman–Crippen LogP) is 2.50. The molecule has 1 fully saturated rings. The maximum Gasteiger partial charge on any atom is 0.224 e. The summed E-state index contributed by atoms with van der Waals surface area (Å²) in [6.07, 6.45) is 2.23. The summed E-state index contributed by atoms with van der Waals surface area (Å²) in [5.41, 5.74) is 6.86. The van der Waals surface area contributed by atoms with Gasteiger partial charge in [0.15, 0.2) is 0 Å². The van der Waals surface area contributed by atoms with E-state index in [-0.39, 0.29) is 29.6 Å². The lowest BCUT2D eigenvalue weighted by Gasteiger charge is -2.18. The van der Waals surface area contributed by atoms with Gasteiger partial charge < -0.3 is 11.1 Å². The number of nitrogens with two attached hydrogens (primary N) is 1. The molecule has 19 heavy (non-hydrogen) atoms. The highest BCUT2D eigenvalue weighted by Gasteiger charge is 2.44. The number of carbonyl (C=O) groups is 1. The minimum absolute atomic E-state index is 0. The van der Waals surface area contributed by atoms with Crippen molar-refractivity contribution in [3.8, 4) is 0 Å². The fraction of sp³-hybridized carbons (Fsp3) is 0.500. The van der Waals surface area contributed by atoms with Gasteiger partial charge in [0.05, 0.1) is 0 Å². The Balaban J connectivity index is 0.00000180. The van der Waals surface area contributed by atoms with Crippen LogP contribution in [-0.2, 0) is 10.2 Å². The predicted molar refractivity (Wildman–Crippen MR) is 80.8 cm³/mol. The Morgan fingerprint density at radius 1 is 1.42 bits per heavy atom. The van der Waals surface area contributed by atoms with Crippen molar-refractivity contribution in [3.05, 3.63) is 34.9 Å². The monoisotopic (exact) mass is 302 g/mol. The van der Waals surface area contributed by atoms with Gasteiger partial charge in [-0.05, 0) is 30.5 Å². The van der Waals surface area contributed by atoms with Gasteiger partial charge in [-0.2, -0.15) is 0 Å². The van der Waals surface area contributed by atoms with Gasteiger partial charge in [0.1, 0.15) is 0 Å². The molecule has 1 aromatic rings. The minimum Gasteiger partial charge on any atom is -0.355 e. The molecule has 5 heteroatoms. The second-order valence-electron chi connectivity index (χ2n) is 5.14. The van der Waals surface area contributed by atoms with Crippen molar-refractivity contribution in [1.82, 2.24) is 5.32 Å². The Hall–Kier alpha value is -0.770. The van der Waals surface area contributed by atoms with Gasteiger partial charge in [-0.25, -0.2) is 0 Å². The fourth-order valence-electron chi connectivity index (χ4n) is 2.06.